The minimum Gasteiger partial charge on any atom is -0.359 e. The van der Waals surface area contributed by atoms with Crippen LogP contribution in [-0.4, -0.2) is 16.0 Å². The number of pyridine rings is 1. The number of nitrogens with two attached hydrogens (primary N) is 1. The lowest BCUT2D eigenvalue weighted by molar-refractivity contribution is 0.981. The number of aromatic nitrogens is 2. The van der Waals surface area contributed by atoms with Crippen molar-refractivity contribution in [3.63, 3.8) is 0 Å². The van der Waals surface area contributed by atoms with Crippen LogP contribution in [0.15, 0.2) is 48.8 Å². The van der Waals surface area contributed by atoms with Crippen LogP contribution in [0.3, 0.4) is 0 Å². The van der Waals surface area contributed by atoms with E-state index in [2.05, 4.69) is 33.5 Å². The first-order chi connectivity index (χ1) is 9.81. The SMILES string of the molecule is NC1CC1c1ccc(Nc2cccc3cc[nH]c23)nc1. The number of nitrogens with zero attached hydrogens (tertiary/aromatic N) is 1. The number of hydrogen-bond donors (Lipinski definition) is 3. The molecule has 2 atom stereocenters. The van der Waals surface area contributed by atoms with Gasteiger partial charge in [-0.25, -0.2) is 4.98 Å². The number of fused-ring (bicyclic) bond motifs is 1. The number of hydrogen-bond acceptors (Lipinski definition) is 3. The molecule has 3 aromatic rings. The third-order valence-corrected chi connectivity index (χ3v) is 3.90. The second-order valence-electron chi connectivity index (χ2n) is 5.36. The molecule has 1 aromatic carbocycles. The highest BCUT2D eigenvalue weighted by atomic mass is 15.0. The summed E-state index contributed by atoms with van der Waals surface area (Å²) in [6.07, 6.45) is 4.95. The van der Waals surface area contributed by atoms with Crippen LogP contribution in [0.1, 0.15) is 17.9 Å². The fourth-order valence-electron chi connectivity index (χ4n) is 2.62. The van der Waals surface area contributed by atoms with Crippen LogP contribution in [-0.2, 0) is 0 Å². The Morgan fingerprint density at radius 2 is 2.10 bits per heavy atom. The number of nitrogens with one attached hydrogen (secondary N) is 2. The molecular weight excluding hydrogens is 248 g/mol. The van der Waals surface area contributed by atoms with Crippen LogP contribution in [0.5, 0.6) is 0 Å². The molecular formula is C16H16N4. The highest BCUT2D eigenvalue weighted by molar-refractivity contribution is 5.92. The summed E-state index contributed by atoms with van der Waals surface area (Å²) in [5.41, 5.74) is 9.24. The number of H-pyrrole nitrogens is 1. The molecule has 1 aliphatic rings. The second-order valence-corrected chi connectivity index (χ2v) is 5.36. The number of rotatable bonds is 3. The van der Waals surface area contributed by atoms with E-state index in [0.29, 0.717) is 12.0 Å². The predicted octanol–water partition coefficient (Wildman–Crippen LogP) is 3.12. The van der Waals surface area contributed by atoms with Crippen molar-refractivity contribution in [2.24, 2.45) is 5.73 Å². The molecule has 0 bridgehead atoms. The van der Waals surface area contributed by atoms with E-state index >= 15 is 0 Å². The molecule has 20 heavy (non-hydrogen) atoms. The number of aromatic amines is 1. The van der Waals surface area contributed by atoms with Gasteiger partial charge in [0.05, 0.1) is 11.2 Å². The summed E-state index contributed by atoms with van der Waals surface area (Å²) in [5, 5.41) is 4.55. The fraction of sp³-hybridized carbons (Fsp3) is 0.188. The van der Waals surface area contributed by atoms with Crippen molar-refractivity contribution in [2.45, 2.75) is 18.4 Å². The maximum atomic E-state index is 5.86. The van der Waals surface area contributed by atoms with Crippen LogP contribution >= 0.6 is 0 Å². The topological polar surface area (TPSA) is 66.7 Å². The first-order valence-corrected chi connectivity index (χ1v) is 6.86. The molecule has 1 aliphatic carbocycles. The molecule has 2 unspecified atom stereocenters. The summed E-state index contributed by atoms with van der Waals surface area (Å²) in [7, 11) is 0. The highest BCUT2D eigenvalue weighted by Gasteiger charge is 2.34. The molecule has 4 rings (SSSR count). The van der Waals surface area contributed by atoms with Gasteiger partial charge in [0.2, 0.25) is 0 Å². The molecule has 2 aromatic heterocycles. The Morgan fingerprint density at radius 3 is 2.85 bits per heavy atom. The maximum Gasteiger partial charge on any atom is 0.130 e. The molecule has 0 amide bonds. The molecule has 1 saturated carbocycles. The van der Waals surface area contributed by atoms with Crippen LogP contribution in [0.4, 0.5) is 11.5 Å². The van der Waals surface area contributed by atoms with E-state index < -0.39 is 0 Å². The lowest BCUT2D eigenvalue weighted by Gasteiger charge is -2.07. The van der Waals surface area contributed by atoms with Gasteiger partial charge in [-0.15, -0.1) is 0 Å². The van der Waals surface area contributed by atoms with Crippen LogP contribution in [0.25, 0.3) is 10.9 Å². The Balaban J connectivity index is 1.60. The summed E-state index contributed by atoms with van der Waals surface area (Å²) >= 11 is 0. The van der Waals surface area contributed by atoms with E-state index in [4.69, 9.17) is 5.73 Å². The summed E-state index contributed by atoms with van der Waals surface area (Å²) in [5.74, 6) is 1.36. The minimum absolute atomic E-state index is 0.322. The average molecular weight is 264 g/mol. The van der Waals surface area contributed by atoms with Gasteiger partial charge in [-0.2, -0.15) is 0 Å². The molecule has 4 N–H and O–H groups in total. The van der Waals surface area contributed by atoms with Crippen molar-refractivity contribution in [1.29, 1.82) is 0 Å². The van der Waals surface area contributed by atoms with Gasteiger partial charge in [0, 0.05) is 29.7 Å². The maximum absolute atomic E-state index is 5.86. The zero-order chi connectivity index (χ0) is 13.5. The molecule has 100 valence electrons. The zero-order valence-corrected chi connectivity index (χ0v) is 11.0. The van der Waals surface area contributed by atoms with Crippen molar-refractivity contribution < 1.29 is 0 Å². The molecule has 0 aliphatic heterocycles. The largest absolute Gasteiger partial charge is 0.359 e. The van der Waals surface area contributed by atoms with Gasteiger partial charge in [0.1, 0.15) is 5.82 Å². The van der Waals surface area contributed by atoms with Gasteiger partial charge < -0.3 is 16.0 Å². The summed E-state index contributed by atoms with van der Waals surface area (Å²) in [6.45, 7) is 0. The third-order valence-electron chi connectivity index (χ3n) is 3.90. The summed E-state index contributed by atoms with van der Waals surface area (Å²) in [4.78, 5) is 7.73. The van der Waals surface area contributed by atoms with Gasteiger partial charge >= 0.3 is 0 Å². The Bertz CT molecular complexity index is 745. The predicted molar refractivity (Wildman–Crippen MR) is 81.2 cm³/mol. The Labute approximate surface area is 117 Å². The van der Waals surface area contributed by atoms with Gasteiger partial charge in [0.25, 0.3) is 0 Å². The summed E-state index contributed by atoms with van der Waals surface area (Å²) in [6, 6.07) is 12.7. The van der Waals surface area contributed by atoms with Crippen LogP contribution in [0.2, 0.25) is 0 Å². The standard InChI is InChI=1S/C16H16N4/c17-13-8-12(13)11-4-5-15(19-9-11)20-14-3-1-2-10-6-7-18-16(10)14/h1-7,9,12-13,18H,8,17H2,(H,19,20). The van der Waals surface area contributed by atoms with Crippen molar-refractivity contribution in [1.82, 2.24) is 9.97 Å². The fourth-order valence-corrected chi connectivity index (χ4v) is 2.62. The van der Waals surface area contributed by atoms with E-state index in [9.17, 15) is 0 Å². The lowest BCUT2D eigenvalue weighted by atomic mass is 10.2. The molecule has 1 fully saturated rings. The Kier molecular flexibility index (Phi) is 2.50. The Morgan fingerprint density at radius 1 is 1.20 bits per heavy atom. The van der Waals surface area contributed by atoms with E-state index in [1.807, 2.05) is 30.6 Å². The molecule has 0 saturated heterocycles. The zero-order valence-electron chi connectivity index (χ0n) is 11.0. The third kappa shape index (κ3) is 1.94. The van der Waals surface area contributed by atoms with Gasteiger partial charge in [0.15, 0.2) is 0 Å². The van der Waals surface area contributed by atoms with Crippen molar-refractivity contribution >= 4 is 22.4 Å². The molecule has 4 nitrogen and oxygen atoms in total. The van der Waals surface area contributed by atoms with Gasteiger partial charge in [-0.3, -0.25) is 0 Å². The normalized spacial score (nSPS) is 21.1. The van der Waals surface area contributed by atoms with Gasteiger partial charge in [-0.05, 0) is 30.2 Å². The van der Waals surface area contributed by atoms with Crippen molar-refractivity contribution in [2.75, 3.05) is 5.32 Å². The van der Waals surface area contributed by atoms with E-state index in [1.54, 1.807) is 0 Å². The number of benzene rings is 1. The highest BCUT2D eigenvalue weighted by Crippen LogP contribution is 2.38. The first-order valence-electron chi connectivity index (χ1n) is 6.86. The van der Waals surface area contributed by atoms with E-state index in [1.165, 1.54) is 10.9 Å². The molecule has 2 heterocycles. The molecule has 0 radical (unpaired) electrons. The van der Waals surface area contributed by atoms with Crippen molar-refractivity contribution in [3.05, 3.63) is 54.4 Å². The van der Waals surface area contributed by atoms with Gasteiger partial charge in [-0.1, -0.05) is 18.2 Å². The first kappa shape index (κ1) is 11.5. The monoisotopic (exact) mass is 264 g/mol. The van der Waals surface area contributed by atoms with Crippen molar-refractivity contribution in [3.8, 4) is 0 Å². The second kappa shape index (κ2) is 4.35. The summed E-state index contributed by atoms with van der Waals surface area (Å²) < 4.78 is 0. The minimum atomic E-state index is 0.322. The lowest BCUT2D eigenvalue weighted by Crippen LogP contribution is -2.01. The van der Waals surface area contributed by atoms with Crippen LogP contribution in [0, 0.1) is 0 Å². The quantitative estimate of drug-likeness (QED) is 0.681. The molecule has 0 spiro atoms. The number of anilines is 2. The molecule has 4 heteroatoms. The van der Waals surface area contributed by atoms with E-state index in [-0.39, 0.29) is 0 Å². The smallest absolute Gasteiger partial charge is 0.130 e. The van der Waals surface area contributed by atoms with Crippen LogP contribution < -0.4 is 11.1 Å². The number of para-hydroxylation sites is 1. The van der Waals surface area contributed by atoms with E-state index in [0.717, 1.165) is 23.4 Å². The Hall–Kier alpha value is -2.33. The average Bonchev–Trinajstić information content (AvgIpc) is 3.01.